The zero-order chi connectivity index (χ0) is 25.9. The van der Waals surface area contributed by atoms with E-state index in [1.807, 2.05) is 0 Å². The van der Waals surface area contributed by atoms with E-state index in [9.17, 15) is 19.8 Å². The van der Waals surface area contributed by atoms with Gasteiger partial charge < -0.3 is 19.9 Å². The van der Waals surface area contributed by atoms with Crippen LogP contribution >= 0.6 is 0 Å². The Hall–Kier alpha value is -3.97. The maximum Gasteiger partial charge on any atom is 0.335 e. The molecule has 1 unspecified atom stereocenters. The number of fused-ring (bicyclic) bond motifs is 2. The lowest BCUT2D eigenvalue weighted by atomic mass is 9.86. The zero-order valence-electron chi connectivity index (χ0n) is 20.8. The number of carbonyl (C=O) groups is 2. The van der Waals surface area contributed by atoms with Gasteiger partial charge in [0.25, 0.3) is 0 Å². The number of benzene rings is 2. The fourth-order valence-corrected chi connectivity index (χ4v) is 8.93. The third-order valence-electron chi connectivity index (χ3n) is 8.27. The predicted molar refractivity (Wildman–Crippen MR) is 145 cm³/mol. The Morgan fingerprint density at radius 2 is 1.86 bits per heavy atom. The molecule has 0 radical (unpaired) electrons. The van der Waals surface area contributed by atoms with E-state index in [2.05, 4.69) is 64.7 Å². The lowest BCUT2D eigenvalue weighted by Crippen LogP contribution is -2.51. The molecule has 1 N–H and O–H groups in total. The van der Waals surface area contributed by atoms with E-state index in [0.717, 1.165) is 54.3 Å². The van der Waals surface area contributed by atoms with Crippen LogP contribution in [-0.4, -0.2) is 61.6 Å². The molecule has 4 aliphatic rings. The summed E-state index contributed by atoms with van der Waals surface area (Å²) in [6.07, 6.45) is 8.76. The van der Waals surface area contributed by atoms with E-state index < -0.39 is 20.0 Å². The predicted octanol–water partition coefficient (Wildman–Crippen LogP) is 2.68. The van der Waals surface area contributed by atoms with E-state index >= 15 is 0 Å². The monoisotopic (exact) mass is 508 g/mol. The summed E-state index contributed by atoms with van der Waals surface area (Å²) in [4.78, 5) is 26.5. The topological polar surface area (TPSA) is 83.7 Å². The van der Waals surface area contributed by atoms with E-state index in [1.165, 1.54) is 41.4 Å². The first-order valence-electron chi connectivity index (χ1n) is 12.7. The highest BCUT2D eigenvalue weighted by Gasteiger charge is 2.43. The van der Waals surface area contributed by atoms with Gasteiger partial charge in [-0.1, -0.05) is 24.4 Å². The van der Waals surface area contributed by atoms with Gasteiger partial charge in [0.2, 0.25) is 0 Å². The standard InChI is InChI=1S/C30H28N2O4Si/c1-3-37(2)26-17-20(31-12-4-13-31)7-10-23(26)28(24-11-8-21(18-27(24)37)32-14-5-15-32)25-16-19(29(33)34)6-9-22(25)30(35)36/h3,6-11,16-18H,1,4-5,12-15H2,2H3,(H-,33,34,35,36). The molecule has 0 bridgehead atoms. The average Bonchev–Trinajstić information content (AvgIpc) is 2.82. The highest BCUT2D eigenvalue weighted by Crippen LogP contribution is 2.43. The summed E-state index contributed by atoms with van der Waals surface area (Å²) >= 11 is 0. The van der Waals surface area contributed by atoms with Crippen molar-refractivity contribution in [1.82, 2.24) is 0 Å². The lowest BCUT2D eigenvalue weighted by molar-refractivity contribution is -0.582. The van der Waals surface area contributed by atoms with Gasteiger partial charge in [0.1, 0.15) is 21.2 Å². The Kier molecular flexibility index (Phi) is 5.42. The van der Waals surface area contributed by atoms with Crippen molar-refractivity contribution in [3.63, 3.8) is 0 Å². The molecule has 37 heavy (non-hydrogen) atoms. The van der Waals surface area contributed by atoms with Crippen LogP contribution in [0.1, 0.15) is 44.7 Å². The second-order valence-corrected chi connectivity index (χ2v) is 14.2. The number of aromatic carboxylic acids is 2. The van der Waals surface area contributed by atoms with Crippen LogP contribution in [0.5, 0.6) is 0 Å². The molecule has 1 atom stereocenters. The van der Waals surface area contributed by atoms with Crippen LogP contribution < -0.4 is 15.2 Å². The van der Waals surface area contributed by atoms with Gasteiger partial charge in [-0.2, -0.15) is 0 Å². The number of hydrogen-bond donors (Lipinski definition) is 1. The molecule has 2 fully saturated rings. The minimum atomic E-state index is -2.43. The van der Waals surface area contributed by atoms with Gasteiger partial charge >= 0.3 is 5.97 Å². The summed E-state index contributed by atoms with van der Waals surface area (Å²) in [7, 11) is -2.43. The highest BCUT2D eigenvalue weighted by molar-refractivity contribution is 7.02. The zero-order valence-corrected chi connectivity index (χ0v) is 21.8. The molecule has 0 amide bonds. The van der Waals surface area contributed by atoms with Crippen LogP contribution in [0.25, 0.3) is 5.57 Å². The minimum absolute atomic E-state index is 0.0144. The van der Waals surface area contributed by atoms with Crippen LogP contribution in [0.3, 0.4) is 0 Å². The Labute approximate surface area is 216 Å². The largest absolute Gasteiger partial charge is 0.545 e. The average molecular weight is 509 g/mol. The molecular weight excluding hydrogens is 480 g/mol. The molecule has 0 spiro atoms. The van der Waals surface area contributed by atoms with E-state index in [-0.39, 0.29) is 11.1 Å². The van der Waals surface area contributed by atoms with Gasteiger partial charge in [0, 0.05) is 36.5 Å². The van der Waals surface area contributed by atoms with E-state index in [4.69, 9.17) is 0 Å². The van der Waals surface area contributed by atoms with Crippen molar-refractivity contribution >= 4 is 42.2 Å². The SMILES string of the molecule is C=C[Si]1(C)C2=CC(=[N+]3CCC3)C=CC2=C(c2cc(C(=O)O)ccc2C(=O)[O-])c2ccc(N3CCC3)cc21. The lowest BCUT2D eigenvalue weighted by Gasteiger charge is -2.40. The molecule has 6 rings (SSSR count). The van der Waals surface area contributed by atoms with Gasteiger partial charge in [-0.25, -0.2) is 9.37 Å². The normalized spacial score (nSPS) is 22.0. The molecule has 6 nitrogen and oxygen atoms in total. The second kappa shape index (κ2) is 8.56. The molecule has 186 valence electrons. The molecule has 7 heteroatoms. The molecule has 2 saturated heterocycles. The summed E-state index contributed by atoms with van der Waals surface area (Å²) in [6.45, 7) is 10.7. The summed E-state index contributed by atoms with van der Waals surface area (Å²) < 4.78 is 2.35. The summed E-state index contributed by atoms with van der Waals surface area (Å²) in [5.41, 5.74) is 7.44. The molecule has 0 aromatic heterocycles. The highest BCUT2D eigenvalue weighted by atomic mass is 28.3. The molecular formula is C30H28N2O4Si. The van der Waals surface area contributed by atoms with Crippen molar-refractivity contribution in [2.75, 3.05) is 31.1 Å². The van der Waals surface area contributed by atoms with E-state index in [1.54, 1.807) is 0 Å². The Balaban J connectivity index is 1.69. The summed E-state index contributed by atoms with van der Waals surface area (Å²) in [6, 6.07) is 10.6. The molecule has 2 aromatic carbocycles. The fourth-order valence-electron chi connectivity index (χ4n) is 5.76. The fraction of sp³-hybridized carbons (Fsp3) is 0.233. The van der Waals surface area contributed by atoms with Gasteiger partial charge in [-0.15, -0.1) is 6.58 Å². The number of carbonyl (C=O) groups excluding carboxylic acids is 1. The number of carboxylic acid groups (broad SMARTS) is 2. The Morgan fingerprint density at radius 3 is 2.46 bits per heavy atom. The summed E-state index contributed by atoms with van der Waals surface area (Å²) in [5.74, 6) is -2.43. The summed E-state index contributed by atoms with van der Waals surface area (Å²) in [5, 5.41) is 24.3. The second-order valence-electron chi connectivity index (χ2n) is 10.3. The maximum absolute atomic E-state index is 12.2. The molecule has 3 aliphatic heterocycles. The molecule has 1 aliphatic carbocycles. The Morgan fingerprint density at radius 1 is 1.08 bits per heavy atom. The van der Waals surface area contributed by atoms with Crippen molar-refractivity contribution in [3.8, 4) is 0 Å². The van der Waals surface area contributed by atoms with Gasteiger partial charge in [-0.3, -0.25) is 0 Å². The third kappa shape index (κ3) is 3.56. The number of anilines is 1. The van der Waals surface area contributed by atoms with Crippen LogP contribution in [0, 0.1) is 0 Å². The first-order chi connectivity index (χ1) is 17.8. The number of carboxylic acids is 2. The number of nitrogens with zero attached hydrogens (tertiary/aromatic N) is 2. The van der Waals surface area contributed by atoms with Crippen molar-refractivity contribution < 1.29 is 24.4 Å². The van der Waals surface area contributed by atoms with E-state index in [0.29, 0.717) is 5.56 Å². The van der Waals surface area contributed by atoms with Gasteiger partial charge in [0.15, 0.2) is 5.71 Å². The molecule has 2 aromatic rings. The first-order valence-corrected chi connectivity index (χ1v) is 15.3. The number of rotatable bonds is 5. The molecule has 3 heterocycles. The van der Waals surface area contributed by atoms with Crippen molar-refractivity contribution in [1.29, 1.82) is 0 Å². The number of allylic oxidation sites excluding steroid dienone is 5. The van der Waals surface area contributed by atoms with Crippen molar-refractivity contribution in [3.05, 3.63) is 99.9 Å². The van der Waals surface area contributed by atoms with Gasteiger partial charge in [-0.05, 0) is 69.4 Å². The molecule has 0 saturated carbocycles. The van der Waals surface area contributed by atoms with Crippen LogP contribution in [0.2, 0.25) is 6.55 Å². The van der Waals surface area contributed by atoms with Gasteiger partial charge in [0.05, 0.1) is 18.0 Å². The van der Waals surface area contributed by atoms with Crippen molar-refractivity contribution in [2.24, 2.45) is 0 Å². The van der Waals surface area contributed by atoms with Crippen molar-refractivity contribution in [2.45, 2.75) is 19.4 Å². The quantitative estimate of drug-likeness (QED) is 0.496. The van der Waals surface area contributed by atoms with Crippen LogP contribution in [0.15, 0.2) is 77.7 Å². The maximum atomic E-state index is 12.2. The smallest absolute Gasteiger partial charge is 0.335 e. The minimum Gasteiger partial charge on any atom is -0.545 e. The first kappa shape index (κ1) is 23.4. The number of hydrogen-bond acceptors (Lipinski definition) is 4. The Bertz CT molecular complexity index is 1520. The third-order valence-corrected chi connectivity index (χ3v) is 12.2. The van der Waals surface area contributed by atoms with Crippen LogP contribution in [0.4, 0.5) is 5.69 Å². The van der Waals surface area contributed by atoms with Crippen LogP contribution in [-0.2, 0) is 0 Å².